The summed E-state index contributed by atoms with van der Waals surface area (Å²) >= 11 is 0. The minimum absolute atomic E-state index is 0.259. The van der Waals surface area contributed by atoms with E-state index >= 15 is 0 Å². The number of carbonyl (C=O) groups is 1. The van der Waals surface area contributed by atoms with Crippen molar-refractivity contribution in [3.8, 4) is 5.75 Å². The molecule has 0 bridgehead atoms. The van der Waals surface area contributed by atoms with Gasteiger partial charge in [-0.15, -0.1) is 0 Å². The Kier molecular flexibility index (Phi) is 4.57. The van der Waals surface area contributed by atoms with E-state index < -0.39 is 11.8 Å². The van der Waals surface area contributed by atoms with Crippen LogP contribution in [0.3, 0.4) is 0 Å². The number of hydrogen-bond acceptors (Lipinski definition) is 5. The maximum atomic E-state index is 13.7. The van der Waals surface area contributed by atoms with Crippen LogP contribution >= 0.6 is 0 Å². The third kappa shape index (κ3) is 2.89. The first kappa shape index (κ1) is 15.0. The number of nitrogens with one attached hydrogen (secondary N) is 1. The van der Waals surface area contributed by atoms with Crippen LogP contribution in [0.4, 0.5) is 10.1 Å². The van der Waals surface area contributed by atoms with Gasteiger partial charge in [0.15, 0.2) is 0 Å². The molecule has 0 aliphatic heterocycles. The van der Waals surface area contributed by atoms with E-state index in [9.17, 15) is 9.18 Å². The standard InChI is InChI=1S/C15H17FN2O3/c1-4-17-13-10-6-9(16)7-12(20-3)14(10)18-8-11(13)15(19)21-5-2/h6-8H,4-5H2,1-3H3,(H,17,18). The number of aromatic nitrogens is 1. The monoisotopic (exact) mass is 292 g/mol. The van der Waals surface area contributed by atoms with Gasteiger partial charge in [-0.1, -0.05) is 0 Å². The van der Waals surface area contributed by atoms with Crippen molar-refractivity contribution in [3.63, 3.8) is 0 Å². The minimum Gasteiger partial charge on any atom is -0.494 e. The Labute approximate surface area is 122 Å². The molecule has 6 heteroatoms. The number of anilines is 1. The summed E-state index contributed by atoms with van der Waals surface area (Å²) in [6.07, 6.45) is 1.42. The van der Waals surface area contributed by atoms with Gasteiger partial charge in [0.25, 0.3) is 0 Å². The van der Waals surface area contributed by atoms with Gasteiger partial charge in [-0.25, -0.2) is 9.18 Å². The van der Waals surface area contributed by atoms with Crippen LogP contribution < -0.4 is 10.1 Å². The molecule has 0 aliphatic carbocycles. The highest BCUT2D eigenvalue weighted by atomic mass is 19.1. The summed E-state index contributed by atoms with van der Waals surface area (Å²) in [5.41, 5.74) is 1.26. The van der Waals surface area contributed by atoms with Gasteiger partial charge in [0.2, 0.25) is 0 Å². The molecule has 0 aliphatic rings. The Balaban J connectivity index is 2.72. The number of pyridine rings is 1. The molecule has 21 heavy (non-hydrogen) atoms. The lowest BCUT2D eigenvalue weighted by Gasteiger charge is -2.14. The quantitative estimate of drug-likeness (QED) is 0.858. The van der Waals surface area contributed by atoms with Crippen LogP contribution in [-0.4, -0.2) is 31.2 Å². The smallest absolute Gasteiger partial charge is 0.341 e. The predicted octanol–water partition coefficient (Wildman–Crippen LogP) is 2.99. The molecule has 1 aromatic heterocycles. The average molecular weight is 292 g/mol. The molecule has 0 fully saturated rings. The lowest BCUT2D eigenvalue weighted by molar-refractivity contribution is 0.0527. The molecule has 1 heterocycles. The topological polar surface area (TPSA) is 60.5 Å². The first-order valence-electron chi connectivity index (χ1n) is 6.69. The molecule has 1 aromatic carbocycles. The summed E-state index contributed by atoms with van der Waals surface area (Å²) in [6.45, 7) is 4.44. The molecule has 1 N–H and O–H groups in total. The molecular formula is C15H17FN2O3. The summed E-state index contributed by atoms with van der Waals surface area (Å²) in [4.78, 5) is 16.2. The van der Waals surface area contributed by atoms with Gasteiger partial charge < -0.3 is 14.8 Å². The molecular weight excluding hydrogens is 275 g/mol. The van der Waals surface area contributed by atoms with Gasteiger partial charge in [0, 0.05) is 24.2 Å². The van der Waals surface area contributed by atoms with E-state index in [-0.39, 0.29) is 12.2 Å². The number of esters is 1. The van der Waals surface area contributed by atoms with Crippen LogP contribution in [0.2, 0.25) is 0 Å². The minimum atomic E-state index is -0.494. The van der Waals surface area contributed by atoms with Crippen molar-refractivity contribution < 1.29 is 18.7 Å². The Bertz CT molecular complexity index is 674. The summed E-state index contributed by atoms with van der Waals surface area (Å²) in [7, 11) is 1.45. The summed E-state index contributed by atoms with van der Waals surface area (Å²) in [5.74, 6) is -0.632. The molecule has 2 rings (SSSR count). The SMILES string of the molecule is CCNc1c(C(=O)OCC)cnc2c(OC)cc(F)cc12. The van der Waals surface area contributed by atoms with Gasteiger partial charge in [-0.05, 0) is 19.9 Å². The Hall–Kier alpha value is -2.37. The average Bonchev–Trinajstić information content (AvgIpc) is 2.47. The fraction of sp³-hybridized carbons (Fsp3) is 0.333. The van der Waals surface area contributed by atoms with E-state index in [4.69, 9.17) is 9.47 Å². The van der Waals surface area contributed by atoms with E-state index in [1.54, 1.807) is 6.92 Å². The van der Waals surface area contributed by atoms with Gasteiger partial charge in [-0.3, -0.25) is 4.98 Å². The molecule has 112 valence electrons. The van der Waals surface area contributed by atoms with Crippen molar-refractivity contribution >= 4 is 22.6 Å². The maximum Gasteiger partial charge on any atom is 0.341 e. The number of halogens is 1. The largest absolute Gasteiger partial charge is 0.494 e. The lowest BCUT2D eigenvalue weighted by atomic mass is 10.1. The first-order chi connectivity index (χ1) is 10.1. The van der Waals surface area contributed by atoms with Crippen LogP contribution in [0.25, 0.3) is 10.9 Å². The molecule has 2 aromatic rings. The molecule has 0 radical (unpaired) electrons. The van der Waals surface area contributed by atoms with Gasteiger partial charge in [-0.2, -0.15) is 0 Å². The van der Waals surface area contributed by atoms with E-state index in [0.717, 1.165) is 0 Å². The highest BCUT2D eigenvalue weighted by Crippen LogP contribution is 2.33. The van der Waals surface area contributed by atoms with Crippen molar-refractivity contribution in [1.29, 1.82) is 0 Å². The van der Waals surface area contributed by atoms with E-state index in [2.05, 4.69) is 10.3 Å². The zero-order valence-corrected chi connectivity index (χ0v) is 12.2. The summed E-state index contributed by atoms with van der Waals surface area (Å²) < 4.78 is 23.9. The number of hydrogen-bond donors (Lipinski definition) is 1. The highest BCUT2D eigenvalue weighted by molar-refractivity contribution is 6.06. The van der Waals surface area contributed by atoms with E-state index in [1.165, 1.54) is 25.4 Å². The molecule has 0 saturated heterocycles. The van der Waals surface area contributed by atoms with Crippen molar-refractivity contribution in [1.82, 2.24) is 4.98 Å². The lowest BCUT2D eigenvalue weighted by Crippen LogP contribution is -2.11. The van der Waals surface area contributed by atoms with Crippen molar-refractivity contribution in [2.24, 2.45) is 0 Å². The van der Waals surface area contributed by atoms with E-state index in [0.29, 0.717) is 28.9 Å². The fourth-order valence-electron chi connectivity index (χ4n) is 2.12. The van der Waals surface area contributed by atoms with Gasteiger partial charge >= 0.3 is 5.97 Å². The number of nitrogens with zero attached hydrogens (tertiary/aromatic N) is 1. The van der Waals surface area contributed by atoms with E-state index in [1.807, 2.05) is 6.92 Å². The Morgan fingerprint density at radius 3 is 2.76 bits per heavy atom. The van der Waals surface area contributed by atoms with Crippen molar-refractivity contribution in [2.45, 2.75) is 13.8 Å². The molecule has 5 nitrogen and oxygen atoms in total. The number of carbonyl (C=O) groups excluding carboxylic acids is 1. The highest BCUT2D eigenvalue weighted by Gasteiger charge is 2.18. The zero-order chi connectivity index (χ0) is 15.4. The Morgan fingerprint density at radius 2 is 2.14 bits per heavy atom. The third-order valence-corrected chi connectivity index (χ3v) is 2.97. The van der Waals surface area contributed by atoms with Crippen LogP contribution in [0.15, 0.2) is 18.3 Å². The number of ether oxygens (including phenoxy) is 2. The summed E-state index contributed by atoms with van der Waals surface area (Å²) in [6, 6.07) is 2.58. The molecule has 0 spiro atoms. The van der Waals surface area contributed by atoms with Crippen LogP contribution in [0.1, 0.15) is 24.2 Å². The normalized spacial score (nSPS) is 10.5. The van der Waals surface area contributed by atoms with Crippen molar-refractivity contribution in [2.75, 3.05) is 25.6 Å². The Morgan fingerprint density at radius 1 is 1.38 bits per heavy atom. The van der Waals surface area contributed by atoms with Crippen LogP contribution in [0, 0.1) is 5.82 Å². The third-order valence-electron chi connectivity index (χ3n) is 2.97. The number of fused-ring (bicyclic) bond motifs is 1. The predicted molar refractivity (Wildman–Crippen MR) is 78.4 cm³/mol. The maximum absolute atomic E-state index is 13.7. The second kappa shape index (κ2) is 6.39. The summed E-state index contributed by atoms with van der Waals surface area (Å²) in [5, 5.41) is 3.56. The second-order valence-electron chi connectivity index (χ2n) is 4.30. The number of rotatable bonds is 5. The molecule has 0 unspecified atom stereocenters. The molecule has 0 atom stereocenters. The number of methoxy groups -OCH3 is 1. The van der Waals surface area contributed by atoms with Gasteiger partial charge in [0.1, 0.15) is 22.6 Å². The molecule has 0 saturated carbocycles. The van der Waals surface area contributed by atoms with Crippen molar-refractivity contribution in [3.05, 3.63) is 29.7 Å². The first-order valence-corrected chi connectivity index (χ1v) is 6.69. The fourth-order valence-corrected chi connectivity index (χ4v) is 2.12. The molecule has 0 amide bonds. The van der Waals surface area contributed by atoms with Crippen LogP contribution in [-0.2, 0) is 4.74 Å². The second-order valence-corrected chi connectivity index (χ2v) is 4.30. The van der Waals surface area contributed by atoms with Gasteiger partial charge in [0.05, 0.1) is 19.4 Å². The number of benzene rings is 1. The zero-order valence-electron chi connectivity index (χ0n) is 12.2. The van der Waals surface area contributed by atoms with Crippen LogP contribution in [0.5, 0.6) is 5.75 Å².